The Morgan fingerprint density at radius 1 is 1.17 bits per heavy atom. The van der Waals surface area contributed by atoms with Crippen molar-refractivity contribution in [3.8, 4) is 11.5 Å². The highest BCUT2D eigenvalue weighted by Crippen LogP contribution is 2.26. The van der Waals surface area contributed by atoms with Crippen LogP contribution >= 0.6 is 0 Å². The van der Waals surface area contributed by atoms with Gasteiger partial charge in [0.05, 0.1) is 0 Å². The van der Waals surface area contributed by atoms with E-state index in [2.05, 4.69) is 0 Å². The third-order valence-electron chi connectivity index (χ3n) is 1.21. The maximum Gasteiger partial charge on any atom is 0.328 e. The summed E-state index contributed by atoms with van der Waals surface area (Å²) in [5.41, 5.74) is 0. The lowest BCUT2D eigenvalue weighted by atomic mass is 10.3. The van der Waals surface area contributed by atoms with Crippen molar-refractivity contribution < 1.29 is 23.2 Å². The molecule has 0 bridgehead atoms. The van der Waals surface area contributed by atoms with Crippen LogP contribution in [0.2, 0.25) is 0 Å². The van der Waals surface area contributed by atoms with Gasteiger partial charge < -0.3 is 10.2 Å². The first-order valence-corrected chi connectivity index (χ1v) is 4.30. The van der Waals surface area contributed by atoms with Crippen LogP contribution in [0.1, 0.15) is 0 Å². The van der Waals surface area contributed by atoms with Gasteiger partial charge >= 0.3 is 10.1 Å². The van der Waals surface area contributed by atoms with Crippen LogP contribution in [0.3, 0.4) is 0 Å². The zero-order valence-corrected chi connectivity index (χ0v) is 6.58. The van der Waals surface area contributed by atoms with Gasteiger partial charge in [-0.2, -0.15) is 8.42 Å². The fourth-order valence-electron chi connectivity index (χ4n) is 0.703. The van der Waals surface area contributed by atoms with E-state index in [-0.39, 0.29) is 5.75 Å². The Hall–Kier alpha value is -1.27. The van der Waals surface area contributed by atoms with Crippen LogP contribution in [0, 0.1) is 0 Å². The summed E-state index contributed by atoms with van der Waals surface area (Å²) in [4.78, 5) is -0.817. The predicted molar refractivity (Wildman–Crippen MR) is 37.6 cm³/mol. The minimum atomic E-state index is -4.72. The van der Waals surface area contributed by atoms with Gasteiger partial charge in [0.25, 0.3) is 0 Å². The van der Waals surface area contributed by atoms with Gasteiger partial charge in [0.2, 0.25) is 0 Å². The summed E-state index contributed by atoms with van der Waals surface area (Å²) >= 11 is 0. The number of aromatic hydroxyl groups is 2. The highest BCUT2D eigenvalue weighted by Gasteiger charge is 2.17. The molecule has 6 heteroatoms. The molecule has 0 amide bonds. The molecule has 0 aliphatic heterocycles. The molecule has 0 saturated carbocycles. The van der Waals surface area contributed by atoms with Crippen LogP contribution in [-0.4, -0.2) is 18.6 Å². The average Bonchev–Trinajstić information content (AvgIpc) is 1.92. The highest BCUT2D eigenvalue weighted by molar-refractivity contribution is 7.85. The van der Waals surface area contributed by atoms with Gasteiger partial charge in [-0.15, -0.1) is 0 Å². The Labute approximate surface area is 68.6 Å². The Balaban J connectivity index is 3.43. The van der Waals surface area contributed by atoms with Crippen molar-refractivity contribution in [2.24, 2.45) is 0 Å². The van der Waals surface area contributed by atoms with Crippen molar-refractivity contribution in [1.29, 1.82) is 0 Å². The van der Waals surface area contributed by atoms with Gasteiger partial charge in [-0.25, -0.2) is 0 Å². The Kier molecular flexibility index (Phi) is 1.95. The minimum absolute atomic E-state index is 0.387. The zero-order valence-electron chi connectivity index (χ0n) is 5.76. The van der Waals surface area contributed by atoms with Crippen LogP contribution in [-0.2, 0) is 14.7 Å². The fraction of sp³-hybridized carbons (Fsp3) is 0. The number of phenolic OH excluding ortho intramolecular Hbond substituents is 2. The minimum Gasteiger partial charge on any atom is -0.508 e. The average molecular weight is 189 g/mol. The van der Waals surface area contributed by atoms with Crippen LogP contribution < -0.4 is 0 Å². The van der Waals surface area contributed by atoms with Gasteiger partial charge in [0.15, 0.2) is 0 Å². The van der Waals surface area contributed by atoms with E-state index < -0.39 is 20.8 Å². The van der Waals surface area contributed by atoms with Crippen LogP contribution in [0.4, 0.5) is 0 Å². The molecule has 1 aromatic rings. The van der Waals surface area contributed by atoms with Gasteiger partial charge in [0, 0.05) is 6.07 Å². The molecule has 5 nitrogen and oxygen atoms in total. The number of rotatable bonds is 1. The highest BCUT2D eigenvalue weighted by atomic mass is 32.2. The molecule has 0 fully saturated rings. The van der Waals surface area contributed by atoms with E-state index >= 15 is 0 Å². The molecular formula is C6H5O5S. The predicted octanol–water partition coefficient (Wildman–Crippen LogP) is 0.217. The standard InChI is InChI=1S/C6H5O5S/c7-4-1-2-5(8)6(3-4)12(9,10)11/h1-3,7-8H. The second-order valence-electron chi connectivity index (χ2n) is 2.11. The Morgan fingerprint density at radius 3 is 2.17 bits per heavy atom. The van der Waals surface area contributed by atoms with Crippen molar-refractivity contribution in [1.82, 2.24) is 0 Å². The van der Waals surface area contributed by atoms with Crippen molar-refractivity contribution in [2.75, 3.05) is 0 Å². The summed E-state index contributed by atoms with van der Waals surface area (Å²) in [6.45, 7) is 0. The molecular weight excluding hydrogens is 184 g/mol. The van der Waals surface area contributed by atoms with Crippen molar-refractivity contribution >= 4 is 10.1 Å². The van der Waals surface area contributed by atoms with E-state index in [4.69, 9.17) is 10.2 Å². The van der Waals surface area contributed by atoms with Gasteiger partial charge in [0.1, 0.15) is 16.4 Å². The molecule has 1 aromatic carbocycles. The summed E-state index contributed by atoms with van der Waals surface area (Å²) in [5, 5.41) is 17.7. The van der Waals surface area contributed by atoms with Crippen LogP contribution in [0.25, 0.3) is 0 Å². The normalized spacial score (nSPS) is 11.4. The quantitative estimate of drug-likeness (QED) is 0.617. The molecule has 2 N–H and O–H groups in total. The summed E-state index contributed by atoms with van der Waals surface area (Å²) in [5.74, 6) is -1.05. The summed E-state index contributed by atoms with van der Waals surface area (Å²) in [7, 11) is -4.72. The van der Waals surface area contributed by atoms with E-state index in [0.717, 1.165) is 12.1 Å². The molecule has 0 aliphatic rings. The summed E-state index contributed by atoms with van der Waals surface area (Å²) in [6.07, 6.45) is 0. The molecule has 1 radical (unpaired) electrons. The summed E-state index contributed by atoms with van der Waals surface area (Å²) < 4.78 is 31.1. The lowest BCUT2D eigenvalue weighted by molar-refractivity contribution is 0.400. The first-order valence-electron chi connectivity index (χ1n) is 2.89. The number of phenols is 2. The van der Waals surface area contributed by atoms with Crippen molar-refractivity contribution in [3.63, 3.8) is 0 Å². The molecule has 1 rings (SSSR count). The molecule has 0 spiro atoms. The Morgan fingerprint density at radius 2 is 1.75 bits per heavy atom. The fourth-order valence-corrected chi connectivity index (χ4v) is 1.29. The number of hydrogen-bond donors (Lipinski definition) is 2. The van der Waals surface area contributed by atoms with Crippen LogP contribution in [0.5, 0.6) is 11.5 Å². The maximum atomic E-state index is 10.4. The largest absolute Gasteiger partial charge is 0.508 e. The van der Waals surface area contributed by atoms with E-state index in [9.17, 15) is 13.0 Å². The van der Waals surface area contributed by atoms with Crippen LogP contribution in [0.15, 0.2) is 23.1 Å². The molecule has 0 heterocycles. The molecule has 0 unspecified atom stereocenters. The Bertz CT molecular complexity index is 394. The smallest absolute Gasteiger partial charge is 0.328 e. The van der Waals surface area contributed by atoms with Gasteiger partial charge in [-0.05, 0) is 12.1 Å². The second kappa shape index (κ2) is 2.65. The number of benzene rings is 1. The van der Waals surface area contributed by atoms with E-state index in [1.54, 1.807) is 0 Å². The first kappa shape index (κ1) is 8.82. The van der Waals surface area contributed by atoms with Crippen molar-refractivity contribution in [2.45, 2.75) is 4.90 Å². The molecule has 0 atom stereocenters. The lowest BCUT2D eigenvalue weighted by Gasteiger charge is -1.98. The molecule has 12 heavy (non-hydrogen) atoms. The maximum absolute atomic E-state index is 10.4. The third-order valence-corrected chi connectivity index (χ3v) is 2.08. The van der Waals surface area contributed by atoms with Gasteiger partial charge in [-0.3, -0.25) is 0 Å². The monoisotopic (exact) mass is 189 g/mol. The number of hydrogen-bond acceptors (Lipinski definition) is 4. The summed E-state index contributed by atoms with van der Waals surface area (Å²) in [6, 6.07) is 2.70. The second-order valence-corrected chi connectivity index (χ2v) is 3.45. The van der Waals surface area contributed by atoms with E-state index in [0.29, 0.717) is 6.07 Å². The molecule has 0 saturated heterocycles. The topological polar surface area (TPSA) is 94.5 Å². The molecule has 0 aliphatic carbocycles. The van der Waals surface area contributed by atoms with E-state index in [1.165, 1.54) is 0 Å². The van der Waals surface area contributed by atoms with Crippen molar-refractivity contribution in [3.05, 3.63) is 18.2 Å². The van der Waals surface area contributed by atoms with E-state index in [1.807, 2.05) is 0 Å². The molecule has 0 aromatic heterocycles. The molecule has 65 valence electrons. The lowest BCUT2D eigenvalue weighted by Crippen LogP contribution is -1.95. The third kappa shape index (κ3) is 1.66. The zero-order chi connectivity index (χ0) is 9.35. The SMILES string of the molecule is [O]S(=O)(=O)c1cc(O)ccc1O. The van der Waals surface area contributed by atoms with Gasteiger partial charge in [-0.1, -0.05) is 4.55 Å². The first-order chi connectivity index (χ1) is 5.41.